The molecule has 20 heavy (non-hydrogen) atoms. The van der Waals surface area contributed by atoms with E-state index in [-0.39, 0.29) is 12.6 Å². The Morgan fingerprint density at radius 3 is 2.70 bits per heavy atom. The molecule has 0 saturated heterocycles. The van der Waals surface area contributed by atoms with Gasteiger partial charge in [0, 0.05) is 6.54 Å². The van der Waals surface area contributed by atoms with Gasteiger partial charge in [0.25, 0.3) is 0 Å². The number of nitrogens with zero attached hydrogens (tertiary/aromatic N) is 1. The van der Waals surface area contributed by atoms with Crippen molar-refractivity contribution < 1.29 is 19.0 Å². The highest BCUT2D eigenvalue weighted by Crippen LogP contribution is 2.31. The van der Waals surface area contributed by atoms with E-state index >= 15 is 0 Å². The quantitative estimate of drug-likeness (QED) is 0.742. The van der Waals surface area contributed by atoms with Gasteiger partial charge in [-0.3, -0.25) is 0 Å². The molecule has 2 rings (SSSR count). The monoisotopic (exact) mass is 279 g/mol. The second-order valence-electron chi connectivity index (χ2n) is 4.56. The average molecular weight is 279 g/mol. The normalized spacial score (nSPS) is 17.1. The summed E-state index contributed by atoms with van der Waals surface area (Å²) >= 11 is 0. The highest BCUT2D eigenvalue weighted by molar-refractivity contribution is 5.76. The zero-order valence-electron chi connectivity index (χ0n) is 12.0. The van der Waals surface area contributed by atoms with Crippen LogP contribution in [0, 0.1) is 0 Å². The summed E-state index contributed by atoms with van der Waals surface area (Å²) in [7, 11) is 0. The predicted octanol–water partition coefficient (Wildman–Crippen LogP) is 1.71. The fourth-order valence-electron chi connectivity index (χ4n) is 2.04. The van der Waals surface area contributed by atoms with Gasteiger partial charge >= 0.3 is 5.97 Å². The van der Waals surface area contributed by atoms with Crippen LogP contribution < -0.4 is 9.47 Å². The zero-order chi connectivity index (χ0) is 14.4. The van der Waals surface area contributed by atoms with Crippen LogP contribution in [0.1, 0.15) is 13.8 Å². The van der Waals surface area contributed by atoms with Gasteiger partial charge in [-0.2, -0.15) is 0 Å². The summed E-state index contributed by atoms with van der Waals surface area (Å²) in [6, 6.07) is 7.31. The molecule has 0 fully saturated rings. The first kappa shape index (κ1) is 14.7. The van der Waals surface area contributed by atoms with E-state index in [2.05, 4.69) is 18.7 Å². The van der Waals surface area contributed by atoms with Crippen molar-refractivity contribution in [2.45, 2.75) is 20.0 Å². The number of rotatable bonds is 6. The molecule has 110 valence electrons. The fraction of sp³-hybridized carbons (Fsp3) is 0.533. The van der Waals surface area contributed by atoms with E-state index in [1.54, 1.807) is 6.07 Å². The average Bonchev–Trinajstić information content (AvgIpc) is 2.51. The van der Waals surface area contributed by atoms with Crippen LogP contribution in [0.3, 0.4) is 0 Å². The molecule has 0 radical (unpaired) electrons. The van der Waals surface area contributed by atoms with E-state index in [9.17, 15) is 4.79 Å². The number of benzene rings is 1. The molecule has 0 unspecified atom stereocenters. The van der Waals surface area contributed by atoms with Gasteiger partial charge in [0.15, 0.2) is 11.5 Å². The van der Waals surface area contributed by atoms with Crippen molar-refractivity contribution in [3.8, 4) is 11.5 Å². The Balaban J connectivity index is 1.80. The summed E-state index contributed by atoms with van der Waals surface area (Å²) < 4.78 is 16.3. The van der Waals surface area contributed by atoms with Crippen LogP contribution in [-0.4, -0.2) is 49.8 Å². The second-order valence-corrected chi connectivity index (χ2v) is 4.56. The van der Waals surface area contributed by atoms with Crippen molar-refractivity contribution in [3.05, 3.63) is 24.3 Å². The summed E-state index contributed by atoms with van der Waals surface area (Å²) in [5, 5.41) is 0. The summed E-state index contributed by atoms with van der Waals surface area (Å²) in [5.41, 5.74) is 0. The van der Waals surface area contributed by atoms with Crippen LogP contribution in [0.5, 0.6) is 11.5 Å². The smallest absolute Gasteiger partial charge is 0.351 e. The fourth-order valence-corrected chi connectivity index (χ4v) is 2.04. The Morgan fingerprint density at radius 1 is 1.30 bits per heavy atom. The first-order valence-corrected chi connectivity index (χ1v) is 7.02. The third-order valence-electron chi connectivity index (χ3n) is 3.32. The Morgan fingerprint density at radius 2 is 2.00 bits per heavy atom. The van der Waals surface area contributed by atoms with Crippen LogP contribution in [-0.2, 0) is 9.53 Å². The van der Waals surface area contributed by atoms with Crippen LogP contribution >= 0.6 is 0 Å². The molecule has 5 nitrogen and oxygen atoms in total. The van der Waals surface area contributed by atoms with E-state index in [4.69, 9.17) is 14.2 Å². The first-order chi connectivity index (χ1) is 9.74. The molecule has 1 aliphatic heterocycles. The number of fused-ring (bicyclic) bond motifs is 1. The van der Waals surface area contributed by atoms with E-state index in [1.165, 1.54) is 0 Å². The molecule has 0 N–H and O–H groups in total. The molecule has 0 aromatic heterocycles. The standard InChI is InChI=1S/C15H21NO4/c1-3-16(4-2)9-10-18-15(17)14-11-19-12-7-5-6-8-13(12)20-14/h5-8,14H,3-4,9-11H2,1-2H3/t14-/m1/s1. The van der Waals surface area contributed by atoms with Crippen molar-refractivity contribution >= 4 is 5.97 Å². The van der Waals surface area contributed by atoms with Crippen molar-refractivity contribution in [1.82, 2.24) is 4.90 Å². The van der Waals surface area contributed by atoms with E-state index in [1.807, 2.05) is 18.2 Å². The molecule has 1 aromatic carbocycles. The van der Waals surface area contributed by atoms with Crippen LogP contribution in [0.2, 0.25) is 0 Å². The number of ether oxygens (including phenoxy) is 3. The number of para-hydroxylation sites is 2. The van der Waals surface area contributed by atoms with Gasteiger partial charge in [-0.05, 0) is 25.2 Å². The number of esters is 1. The van der Waals surface area contributed by atoms with Gasteiger partial charge < -0.3 is 19.1 Å². The highest BCUT2D eigenvalue weighted by atomic mass is 16.6. The van der Waals surface area contributed by atoms with Crippen LogP contribution in [0.4, 0.5) is 0 Å². The molecule has 1 aliphatic rings. The minimum atomic E-state index is -0.679. The number of carbonyl (C=O) groups excluding carboxylic acids is 1. The molecular weight excluding hydrogens is 258 g/mol. The Labute approximate surface area is 119 Å². The zero-order valence-corrected chi connectivity index (χ0v) is 12.0. The van der Waals surface area contributed by atoms with E-state index < -0.39 is 6.10 Å². The van der Waals surface area contributed by atoms with Gasteiger partial charge in [-0.1, -0.05) is 26.0 Å². The maximum Gasteiger partial charge on any atom is 0.351 e. The van der Waals surface area contributed by atoms with Gasteiger partial charge in [0.1, 0.15) is 13.2 Å². The maximum absolute atomic E-state index is 11.9. The lowest BCUT2D eigenvalue weighted by Gasteiger charge is -2.25. The molecular formula is C15H21NO4. The predicted molar refractivity (Wildman–Crippen MR) is 75.1 cm³/mol. The number of likely N-dealkylation sites (N-methyl/N-ethyl adjacent to an activating group) is 1. The molecule has 5 heteroatoms. The van der Waals surface area contributed by atoms with Gasteiger partial charge in [0.2, 0.25) is 6.10 Å². The molecule has 1 heterocycles. The number of carbonyl (C=O) groups is 1. The lowest BCUT2D eigenvalue weighted by molar-refractivity contribution is -0.154. The van der Waals surface area contributed by atoms with Crippen LogP contribution in [0.15, 0.2) is 24.3 Å². The molecule has 1 aromatic rings. The van der Waals surface area contributed by atoms with Gasteiger partial charge in [-0.25, -0.2) is 4.79 Å². The largest absolute Gasteiger partial charge is 0.485 e. The summed E-state index contributed by atoms with van der Waals surface area (Å²) in [6.45, 7) is 7.38. The molecule has 0 bridgehead atoms. The first-order valence-electron chi connectivity index (χ1n) is 7.02. The SMILES string of the molecule is CCN(CC)CCOC(=O)[C@H]1COc2ccccc2O1. The van der Waals surface area contributed by atoms with Gasteiger partial charge in [-0.15, -0.1) is 0 Å². The summed E-state index contributed by atoms with van der Waals surface area (Å²) in [5.74, 6) is 0.885. The molecule has 0 spiro atoms. The van der Waals surface area contributed by atoms with Crippen molar-refractivity contribution in [2.75, 3.05) is 32.8 Å². The Hall–Kier alpha value is -1.75. The molecule has 0 saturated carbocycles. The van der Waals surface area contributed by atoms with Gasteiger partial charge in [0.05, 0.1) is 0 Å². The summed E-state index contributed by atoms with van der Waals surface area (Å²) in [6.07, 6.45) is -0.679. The number of hydrogen-bond acceptors (Lipinski definition) is 5. The minimum Gasteiger partial charge on any atom is -0.485 e. The van der Waals surface area contributed by atoms with Crippen molar-refractivity contribution in [2.24, 2.45) is 0 Å². The van der Waals surface area contributed by atoms with Crippen molar-refractivity contribution in [3.63, 3.8) is 0 Å². The minimum absolute atomic E-state index is 0.196. The third-order valence-corrected chi connectivity index (χ3v) is 3.32. The molecule has 0 aliphatic carbocycles. The maximum atomic E-state index is 11.9. The lowest BCUT2D eigenvalue weighted by Crippen LogP contribution is -2.39. The lowest BCUT2D eigenvalue weighted by atomic mass is 10.2. The Bertz CT molecular complexity index is 445. The number of hydrogen-bond donors (Lipinski definition) is 0. The Kier molecular flexibility index (Phi) is 5.24. The molecule has 0 amide bonds. The third kappa shape index (κ3) is 3.63. The molecule has 1 atom stereocenters. The van der Waals surface area contributed by atoms with Crippen LogP contribution in [0.25, 0.3) is 0 Å². The van der Waals surface area contributed by atoms with Crippen molar-refractivity contribution in [1.29, 1.82) is 0 Å². The highest BCUT2D eigenvalue weighted by Gasteiger charge is 2.28. The van der Waals surface area contributed by atoms with E-state index in [0.29, 0.717) is 18.1 Å². The topological polar surface area (TPSA) is 48.0 Å². The summed E-state index contributed by atoms with van der Waals surface area (Å²) in [4.78, 5) is 14.1. The second kappa shape index (κ2) is 7.14. The van der Waals surface area contributed by atoms with E-state index in [0.717, 1.165) is 19.6 Å².